The zero-order valence-electron chi connectivity index (χ0n) is 17.8. The second-order valence-electron chi connectivity index (χ2n) is 6.85. The van der Waals surface area contributed by atoms with Crippen LogP contribution in [0.3, 0.4) is 0 Å². The lowest BCUT2D eigenvalue weighted by atomic mass is 10.1. The van der Waals surface area contributed by atoms with Crippen LogP contribution in [0.4, 0.5) is 0 Å². The summed E-state index contributed by atoms with van der Waals surface area (Å²) in [6.45, 7) is 8.79. The maximum absolute atomic E-state index is 5.37. The van der Waals surface area contributed by atoms with Gasteiger partial charge in [-0.05, 0) is 43.5 Å². The van der Waals surface area contributed by atoms with Crippen LogP contribution >= 0.6 is 24.0 Å². The Balaban J connectivity index is 0.00000320. The Morgan fingerprint density at radius 3 is 2.57 bits per heavy atom. The first-order chi connectivity index (χ1) is 14.3. The molecule has 162 valence electrons. The van der Waals surface area contributed by atoms with Gasteiger partial charge in [-0.25, -0.2) is 9.98 Å². The van der Waals surface area contributed by atoms with Crippen molar-refractivity contribution in [2.75, 3.05) is 26.3 Å². The van der Waals surface area contributed by atoms with Crippen LogP contribution in [0.1, 0.15) is 31.4 Å². The summed E-state index contributed by atoms with van der Waals surface area (Å²) in [5, 5.41) is 6.65. The number of hydrogen-bond acceptors (Lipinski definition) is 3. The third-order valence-corrected chi connectivity index (χ3v) is 4.63. The molecular formula is C23H32IN5O. The van der Waals surface area contributed by atoms with E-state index in [0.29, 0.717) is 6.54 Å². The highest BCUT2D eigenvalue weighted by atomic mass is 127. The smallest absolute Gasteiger partial charge is 0.191 e. The van der Waals surface area contributed by atoms with Crippen molar-refractivity contribution in [3.8, 4) is 0 Å². The van der Waals surface area contributed by atoms with Crippen LogP contribution in [0.15, 0.2) is 59.9 Å². The van der Waals surface area contributed by atoms with Crippen molar-refractivity contribution >= 4 is 41.0 Å². The summed E-state index contributed by atoms with van der Waals surface area (Å²) in [7, 11) is 0. The molecule has 0 atom stereocenters. The number of rotatable bonds is 10. The Hall–Kier alpha value is -2.13. The molecule has 1 heterocycles. The molecule has 0 unspecified atom stereocenters. The van der Waals surface area contributed by atoms with Crippen LogP contribution in [0.2, 0.25) is 0 Å². The molecule has 3 rings (SSSR count). The van der Waals surface area contributed by atoms with Crippen LogP contribution in [0.5, 0.6) is 0 Å². The molecule has 0 aliphatic heterocycles. The van der Waals surface area contributed by atoms with Gasteiger partial charge < -0.3 is 19.9 Å². The predicted molar refractivity (Wildman–Crippen MR) is 135 cm³/mol. The van der Waals surface area contributed by atoms with Gasteiger partial charge in [0.25, 0.3) is 0 Å². The third kappa shape index (κ3) is 7.28. The molecule has 0 radical (unpaired) electrons. The van der Waals surface area contributed by atoms with Crippen molar-refractivity contribution in [1.29, 1.82) is 0 Å². The maximum atomic E-state index is 5.37. The van der Waals surface area contributed by atoms with E-state index in [2.05, 4.69) is 68.5 Å². The number of fused-ring (bicyclic) bond motifs is 1. The van der Waals surface area contributed by atoms with Crippen LogP contribution in [0, 0.1) is 0 Å². The largest absolute Gasteiger partial charge is 0.382 e. The maximum Gasteiger partial charge on any atom is 0.191 e. The van der Waals surface area contributed by atoms with Crippen molar-refractivity contribution in [3.63, 3.8) is 0 Å². The summed E-state index contributed by atoms with van der Waals surface area (Å²) in [6, 6.07) is 16.9. The van der Waals surface area contributed by atoms with E-state index in [1.165, 1.54) is 11.1 Å². The third-order valence-electron chi connectivity index (χ3n) is 4.63. The van der Waals surface area contributed by atoms with Gasteiger partial charge in [0, 0.05) is 32.8 Å². The summed E-state index contributed by atoms with van der Waals surface area (Å²) >= 11 is 0. The fourth-order valence-corrected chi connectivity index (χ4v) is 3.12. The van der Waals surface area contributed by atoms with E-state index in [1.54, 1.807) is 0 Å². The molecule has 3 aromatic rings. The molecule has 0 saturated carbocycles. The van der Waals surface area contributed by atoms with Crippen LogP contribution in [-0.4, -0.2) is 41.8 Å². The van der Waals surface area contributed by atoms with Crippen molar-refractivity contribution in [1.82, 2.24) is 20.2 Å². The van der Waals surface area contributed by atoms with Crippen LogP contribution in [0.25, 0.3) is 11.0 Å². The van der Waals surface area contributed by atoms with Gasteiger partial charge in [0.2, 0.25) is 0 Å². The first kappa shape index (κ1) is 24.1. The van der Waals surface area contributed by atoms with E-state index in [0.717, 1.165) is 56.3 Å². The lowest BCUT2D eigenvalue weighted by Gasteiger charge is -2.11. The standard InChI is InChI=1S/C23H31N5O.HI/c1-3-24-23(25-14-7-15-29-4-2)26-16-19-10-12-20(13-11-19)17-28-18-27-21-8-5-6-9-22(21)28;/h5-6,8-13,18H,3-4,7,14-17H2,1-2H3,(H2,24,25,26);1H. The number of aromatic nitrogens is 2. The SMILES string of the molecule is CCNC(=NCc1ccc(Cn2cnc3ccccc32)cc1)NCCCOCC.I. The Morgan fingerprint density at radius 1 is 1.03 bits per heavy atom. The monoisotopic (exact) mass is 521 g/mol. The molecule has 0 spiro atoms. The second-order valence-corrected chi connectivity index (χ2v) is 6.85. The summed E-state index contributed by atoms with van der Waals surface area (Å²) < 4.78 is 7.55. The summed E-state index contributed by atoms with van der Waals surface area (Å²) in [5.74, 6) is 0.845. The molecule has 30 heavy (non-hydrogen) atoms. The van der Waals surface area contributed by atoms with Gasteiger partial charge in [0.15, 0.2) is 5.96 Å². The quantitative estimate of drug-likeness (QED) is 0.182. The van der Waals surface area contributed by atoms with Crippen LogP contribution in [-0.2, 0) is 17.8 Å². The molecule has 0 saturated heterocycles. The minimum absolute atomic E-state index is 0. The summed E-state index contributed by atoms with van der Waals surface area (Å²) in [4.78, 5) is 9.15. The predicted octanol–water partition coefficient (Wildman–Crippen LogP) is 4.18. The highest BCUT2D eigenvalue weighted by Crippen LogP contribution is 2.14. The highest BCUT2D eigenvalue weighted by Gasteiger charge is 2.03. The Morgan fingerprint density at radius 2 is 1.80 bits per heavy atom. The number of hydrogen-bond donors (Lipinski definition) is 2. The molecule has 1 aromatic heterocycles. The molecule has 0 aliphatic carbocycles. The Bertz CT molecular complexity index is 907. The molecule has 2 N–H and O–H groups in total. The number of nitrogens with zero attached hydrogens (tertiary/aromatic N) is 3. The van der Waals surface area contributed by atoms with Crippen molar-refractivity contribution in [2.24, 2.45) is 4.99 Å². The van der Waals surface area contributed by atoms with Gasteiger partial charge in [-0.15, -0.1) is 24.0 Å². The average molecular weight is 521 g/mol. The summed E-state index contributed by atoms with van der Waals surface area (Å²) in [5.41, 5.74) is 4.63. The van der Waals surface area contributed by atoms with E-state index >= 15 is 0 Å². The van der Waals surface area contributed by atoms with Gasteiger partial charge in [0.05, 0.1) is 23.9 Å². The number of imidazole rings is 1. The molecule has 0 fully saturated rings. The lowest BCUT2D eigenvalue weighted by Crippen LogP contribution is -2.38. The normalized spacial score (nSPS) is 11.3. The Kier molecular flexibility index (Phi) is 10.6. The van der Waals surface area contributed by atoms with Gasteiger partial charge in [-0.2, -0.15) is 0 Å². The van der Waals surface area contributed by atoms with Gasteiger partial charge in [0.1, 0.15) is 0 Å². The zero-order chi connectivity index (χ0) is 20.3. The van der Waals surface area contributed by atoms with E-state index in [-0.39, 0.29) is 24.0 Å². The molecule has 0 aliphatic rings. The number of benzene rings is 2. The first-order valence-electron chi connectivity index (χ1n) is 10.4. The molecule has 0 bridgehead atoms. The minimum Gasteiger partial charge on any atom is -0.382 e. The molecule has 7 heteroatoms. The van der Waals surface area contributed by atoms with Crippen LogP contribution < -0.4 is 10.6 Å². The number of aliphatic imine (C=N–C) groups is 1. The number of para-hydroxylation sites is 2. The van der Waals surface area contributed by atoms with E-state index in [1.807, 2.05) is 25.4 Å². The zero-order valence-corrected chi connectivity index (χ0v) is 20.1. The minimum atomic E-state index is 0. The average Bonchev–Trinajstić information content (AvgIpc) is 3.16. The van der Waals surface area contributed by atoms with E-state index < -0.39 is 0 Å². The van der Waals surface area contributed by atoms with Gasteiger partial charge in [-0.1, -0.05) is 36.4 Å². The molecule has 6 nitrogen and oxygen atoms in total. The molecule has 0 amide bonds. The van der Waals surface area contributed by atoms with Gasteiger partial charge >= 0.3 is 0 Å². The molecule has 2 aromatic carbocycles. The van der Waals surface area contributed by atoms with Crippen molar-refractivity contribution < 1.29 is 4.74 Å². The highest BCUT2D eigenvalue weighted by molar-refractivity contribution is 14.0. The number of guanidine groups is 1. The number of nitrogens with one attached hydrogen (secondary N) is 2. The number of halogens is 1. The molecular weight excluding hydrogens is 489 g/mol. The second kappa shape index (κ2) is 13.2. The fourth-order valence-electron chi connectivity index (χ4n) is 3.12. The van der Waals surface area contributed by atoms with E-state index in [9.17, 15) is 0 Å². The lowest BCUT2D eigenvalue weighted by molar-refractivity contribution is 0.145. The Labute approximate surface area is 196 Å². The summed E-state index contributed by atoms with van der Waals surface area (Å²) in [6.07, 6.45) is 2.87. The fraction of sp³-hybridized carbons (Fsp3) is 0.391. The van der Waals surface area contributed by atoms with Crippen molar-refractivity contribution in [3.05, 3.63) is 66.0 Å². The topological polar surface area (TPSA) is 63.5 Å². The van der Waals surface area contributed by atoms with Gasteiger partial charge in [-0.3, -0.25) is 0 Å². The van der Waals surface area contributed by atoms with E-state index in [4.69, 9.17) is 4.74 Å². The van der Waals surface area contributed by atoms with Crippen molar-refractivity contribution in [2.45, 2.75) is 33.4 Å². The first-order valence-corrected chi connectivity index (χ1v) is 10.4. The number of ether oxygens (including phenoxy) is 1.